The predicted molar refractivity (Wildman–Crippen MR) is 88.2 cm³/mol. The summed E-state index contributed by atoms with van der Waals surface area (Å²) in [7, 11) is 0. The van der Waals surface area contributed by atoms with Crippen molar-refractivity contribution in [3.63, 3.8) is 0 Å². The first-order valence-electron chi connectivity index (χ1n) is 7.52. The lowest BCUT2D eigenvalue weighted by Crippen LogP contribution is -2.08. The molecule has 116 valence electrons. The van der Waals surface area contributed by atoms with Crippen LogP contribution in [0.2, 0.25) is 0 Å². The quantitative estimate of drug-likeness (QED) is 0.678. The lowest BCUT2D eigenvalue weighted by molar-refractivity contribution is -0.144. The van der Waals surface area contributed by atoms with Crippen LogP contribution >= 0.6 is 0 Å². The minimum absolute atomic E-state index is 0.185. The van der Waals surface area contributed by atoms with Gasteiger partial charge in [-0.1, -0.05) is 48.0 Å². The van der Waals surface area contributed by atoms with Crippen LogP contribution in [0, 0.1) is 6.92 Å². The molecule has 0 spiro atoms. The number of benzene rings is 2. The van der Waals surface area contributed by atoms with Gasteiger partial charge in [0.15, 0.2) is 0 Å². The van der Waals surface area contributed by atoms with Crippen molar-refractivity contribution in [3.8, 4) is 5.69 Å². The average Bonchev–Trinajstić information content (AvgIpc) is 3.05. The van der Waals surface area contributed by atoms with Crippen molar-refractivity contribution in [1.29, 1.82) is 0 Å². The minimum atomic E-state index is -0.247. The molecule has 1 heterocycles. The van der Waals surface area contributed by atoms with E-state index in [0.717, 1.165) is 16.9 Å². The Morgan fingerprint density at radius 3 is 2.52 bits per heavy atom. The highest BCUT2D eigenvalue weighted by molar-refractivity contribution is 5.72. The fraction of sp³-hybridized carbons (Fsp3) is 0.158. The molecule has 3 aromatic rings. The topological polar surface area (TPSA) is 44.1 Å². The van der Waals surface area contributed by atoms with Gasteiger partial charge in [-0.25, -0.2) is 4.68 Å². The molecule has 0 fully saturated rings. The largest absolute Gasteiger partial charge is 0.459 e. The van der Waals surface area contributed by atoms with Gasteiger partial charge in [0.2, 0.25) is 0 Å². The summed E-state index contributed by atoms with van der Waals surface area (Å²) in [4.78, 5) is 11.9. The first-order chi connectivity index (χ1) is 11.2. The Morgan fingerprint density at radius 2 is 1.78 bits per heavy atom. The Balaban J connectivity index is 1.55. The van der Waals surface area contributed by atoms with Gasteiger partial charge >= 0.3 is 5.97 Å². The summed E-state index contributed by atoms with van der Waals surface area (Å²) >= 11 is 0. The number of nitrogens with zero attached hydrogens (tertiary/aromatic N) is 2. The molecule has 0 amide bonds. The molecule has 0 N–H and O–H groups in total. The van der Waals surface area contributed by atoms with Gasteiger partial charge in [-0.2, -0.15) is 5.10 Å². The van der Waals surface area contributed by atoms with Gasteiger partial charge in [-0.15, -0.1) is 0 Å². The molecule has 0 aliphatic rings. The number of carbonyl (C=O) groups is 1. The first kappa shape index (κ1) is 15.0. The average molecular weight is 306 g/mol. The third-order valence-corrected chi connectivity index (χ3v) is 3.52. The molecule has 3 rings (SSSR count). The number of aromatic nitrogens is 2. The number of para-hydroxylation sites is 1. The SMILES string of the molecule is Cc1ccc(CC(=O)OCc2ccn(-c3ccccc3)n2)cc1. The van der Waals surface area contributed by atoms with Crippen LogP contribution in [0.15, 0.2) is 66.9 Å². The Kier molecular flexibility index (Phi) is 4.52. The van der Waals surface area contributed by atoms with Crippen molar-refractivity contribution in [3.05, 3.63) is 83.7 Å². The van der Waals surface area contributed by atoms with E-state index in [1.807, 2.05) is 73.8 Å². The molecule has 0 saturated carbocycles. The normalized spacial score (nSPS) is 10.5. The van der Waals surface area contributed by atoms with E-state index in [9.17, 15) is 4.79 Å². The molecule has 0 saturated heterocycles. The van der Waals surface area contributed by atoms with Gasteiger partial charge in [0.05, 0.1) is 12.1 Å². The van der Waals surface area contributed by atoms with Crippen LogP contribution in [-0.2, 0) is 22.6 Å². The van der Waals surface area contributed by atoms with Gasteiger partial charge < -0.3 is 4.74 Å². The molecule has 1 aromatic heterocycles. The zero-order chi connectivity index (χ0) is 16.1. The highest BCUT2D eigenvalue weighted by Crippen LogP contribution is 2.09. The fourth-order valence-electron chi connectivity index (χ4n) is 2.24. The fourth-order valence-corrected chi connectivity index (χ4v) is 2.24. The smallest absolute Gasteiger partial charge is 0.310 e. The number of hydrogen-bond acceptors (Lipinski definition) is 3. The molecule has 4 heteroatoms. The van der Waals surface area contributed by atoms with Crippen molar-refractivity contribution in [2.24, 2.45) is 0 Å². The summed E-state index contributed by atoms with van der Waals surface area (Å²) in [6, 6.07) is 19.5. The van der Waals surface area contributed by atoms with Crippen LogP contribution in [0.3, 0.4) is 0 Å². The van der Waals surface area contributed by atoms with Crippen molar-refractivity contribution in [1.82, 2.24) is 9.78 Å². The zero-order valence-corrected chi connectivity index (χ0v) is 13.0. The van der Waals surface area contributed by atoms with E-state index >= 15 is 0 Å². The second-order valence-corrected chi connectivity index (χ2v) is 5.41. The molecule has 0 unspecified atom stereocenters. The Labute approximate surface area is 135 Å². The second-order valence-electron chi connectivity index (χ2n) is 5.41. The predicted octanol–water partition coefficient (Wildman–Crippen LogP) is 3.47. The molecule has 23 heavy (non-hydrogen) atoms. The van der Waals surface area contributed by atoms with Crippen LogP contribution in [0.1, 0.15) is 16.8 Å². The van der Waals surface area contributed by atoms with Crippen LogP contribution < -0.4 is 0 Å². The van der Waals surface area contributed by atoms with Crippen LogP contribution in [0.4, 0.5) is 0 Å². The highest BCUT2D eigenvalue weighted by Gasteiger charge is 2.07. The Morgan fingerprint density at radius 1 is 1.04 bits per heavy atom. The zero-order valence-electron chi connectivity index (χ0n) is 13.0. The number of ether oxygens (including phenoxy) is 1. The molecule has 0 radical (unpaired) electrons. The maximum absolute atomic E-state index is 11.9. The van der Waals surface area contributed by atoms with E-state index in [4.69, 9.17) is 4.74 Å². The number of aryl methyl sites for hydroxylation is 1. The molecule has 0 aliphatic heterocycles. The first-order valence-corrected chi connectivity index (χ1v) is 7.52. The molecular formula is C19H18N2O2. The summed E-state index contributed by atoms with van der Waals surface area (Å²) < 4.78 is 7.06. The molecular weight excluding hydrogens is 288 g/mol. The summed E-state index contributed by atoms with van der Waals surface area (Å²) in [5, 5.41) is 4.41. The van der Waals surface area contributed by atoms with Gasteiger partial charge in [-0.05, 0) is 30.7 Å². The summed E-state index contributed by atoms with van der Waals surface area (Å²) in [5.41, 5.74) is 3.83. The maximum atomic E-state index is 11.9. The minimum Gasteiger partial charge on any atom is -0.459 e. The van der Waals surface area contributed by atoms with Crippen molar-refractivity contribution < 1.29 is 9.53 Å². The summed E-state index contributed by atoms with van der Waals surface area (Å²) in [5.74, 6) is -0.247. The Bertz CT molecular complexity index is 777. The van der Waals surface area contributed by atoms with Crippen molar-refractivity contribution >= 4 is 5.97 Å². The van der Waals surface area contributed by atoms with Gasteiger partial charge in [0, 0.05) is 6.20 Å². The van der Waals surface area contributed by atoms with E-state index in [0.29, 0.717) is 0 Å². The van der Waals surface area contributed by atoms with Gasteiger partial charge in [0.25, 0.3) is 0 Å². The lowest BCUT2D eigenvalue weighted by Gasteiger charge is -2.04. The third-order valence-electron chi connectivity index (χ3n) is 3.52. The third kappa shape index (κ3) is 4.07. The second kappa shape index (κ2) is 6.92. The monoisotopic (exact) mass is 306 g/mol. The van der Waals surface area contributed by atoms with E-state index in [-0.39, 0.29) is 19.0 Å². The van der Waals surface area contributed by atoms with Crippen LogP contribution in [-0.4, -0.2) is 15.7 Å². The molecule has 2 aromatic carbocycles. The van der Waals surface area contributed by atoms with Gasteiger partial charge in [-0.3, -0.25) is 4.79 Å². The number of esters is 1. The van der Waals surface area contributed by atoms with Crippen molar-refractivity contribution in [2.45, 2.75) is 20.0 Å². The number of hydrogen-bond donors (Lipinski definition) is 0. The molecule has 4 nitrogen and oxygen atoms in total. The lowest BCUT2D eigenvalue weighted by atomic mass is 10.1. The molecule has 0 aliphatic carbocycles. The van der Waals surface area contributed by atoms with Crippen LogP contribution in [0.5, 0.6) is 0 Å². The summed E-state index contributed by atoms with van der Waals surface area (Å²) in [6.45, 7) is 2.20. The standard InChI is InChI=1S/C19H18N2O2/c1-15-7-9-16(10-8-15)13-19(22)23-14-17-11-12-21(20-17)18-5-3-2-4-6-18/h2-12H,13-14H2,1H3. The highest BCUT2D eigenvalue weighted by atomic mass is 16.5. The Hall–Kier alpha value is -2.88. The summed E-state index contributed by atoms with van der Waals surface area (Å²) in [6.07, 6.45) is 2.14. The van der Waals surface area contributed by atoms with E-state index in [1.165, 1.54) is 5.56 Å². The number of rotatable bonds is 5. The molecule has 0 atom stereocenters. The van der Waals surface area contributed by atoms with Crippen molar-refractivity contribution in [2.75, 3.05) is 0 Å². The number of carbonyl (C=O) groups excluding carboxylic acids is 1. The van der Waals surface area contributed by atoms with E-state index in [1.54, 1.807) is 4.68 Å². The van der Waals surface area contributed by atoms with Crippen LogP contribution in [0.25, 0.3) is 5.69 Å². The van der Waals surface area contributed by atoms with E-state index in [2.05, 4.69) is 5.10 Å². The molecule has 0 bridgehead atoms. The van der Waals surface area contributed by atoms with E-state index < -0.39 is 0 Å². The van der Waals surface area contributed by atoms with Gasteiger partial charge in [0.1, 0.15) is 12.3 Å². The maximum Gasteiger partial charge on any atom is 0.310 e.